The van der Waals surface area contributed by atoms with Crippen molar-refractivity contribution in [2.75, 3.05) is 36.5 Å². The average molecular weight is 352 g/mol. The summed E-state index contributed by atoms with van der Waals surface area (Å²) >= 11 is 0. The summed E-state index contributed by atoms with van der Waals surface area (Å²) < 4.78 is 18.7. The Balaban J connectivity index is 1.60. The monoisotopic (exact) mass is 352 g/mol. The molecular formula is C19H17FN4O2. The van der Waals surface area contributed by atoms with Gasteiger partial charge in [-0.2, -0.15) is 0 Å². The molecule has 132 valence electrons. The van der Waals surface area contributed by atoms with Gasteiger partial charge in [0, 0.05) is 29.7 Å². The Morgan fingerprint density at radius 2 is 1.96 bits per heavy atom. The molecule has 0 spiro atoms. The molecule has 1 aromatic heterocycles. The first kappa shape index (κ1) is 16.4. The fourth-order valence-corrected chi connectivity index (χ4v) is 2.98. The van der Waals surface area contributed by atoms with Gasteiger partial charge in [-0.25, -0.2) is 14.4 Å². The number of morpholine rings is 1. The number of carbonyl (C=O) groups is 1. The highest BCUT2D eigenvalue weighted by molar-refractivity contribution is 6.05. The van der Waals surface area contributed by atoms with Crippen LogP contribution in [0.25, 0.3) is 10.9 Å². The van der Waals surface area contributed by atoms with Gasteiger partial charge in [0.15, 0.2) is 0 Å². The lowest BCUT2D eigenvalue weighted by atomic mass is 10.1. The quantitative estimate of drug-likeness (QED) is 0.785. The fourth-order valence-electron chi connectivity index (χ4n) is 2.98. The normalized spacial score (nSPS) is 14.4. The number of amides is 1. The second-order valence-corrected chi connectivity index (χ2v) is 5.99. The van der Waals surface area contributed by atoms with Crippen LogP contribution in [0.2, 0.25) is 0 Å². The molecule has 0 bridgehead atoms. The van der Waals surface area contributed by atoms with E-state index >= 15 is 0 Å². The molecule has 1 fully saturated rings. The fraction of sp³-hybridized carbons (Fsp3) is 0.211. The van der Waals surface area contributed by atoms with E-state index in [0.717, 1.165) is 29.8 Å². The highest BCUT2D eigenvalue weighted by Crippen LogP contribution is 2.26. The van der Waals surface area contributed by atoms with Crippen molar-refractivity contribution < 1.29 is 13.9 Å². The van der Waals surface area contributed by atoms with Crippen LogP contribution in [-0.4, -0.2) is 42.2 Å². The summed E-state index contributed by atoms with van der Waals surface area (Å²) in [5, 5.41) is 3.69. The lowest BCUT2D eigenvalue weighted by Gasteiger charge is -2.28. The molecule has 1 N–H and O–H groups in total. The van der Waals surface area contributed by atoms with Crippen LogP contribution in [0, 0.1) is 5.82 Å². The Hall–Kier alpha value is -3.06. The Kier molecular flexibility index (Phi) is 4.45. The van der Waals surface area contributed by atoms with Crippen LogP contribution in [0.15, 0.2) is 48.8 Å². The van der Waals surface area contributed by atoms with Crippen molar-refractivity contribution in [3.05, 3.63) is 60.2 Å². The van der Waals surface area contributed by atoms with Gasteiger partial charge in [0.05, 0.1) is 18.7 Å². The Morgan fingerprint density at radius 1 is 1.12 bits per heavy atom. The third kappa shape index (κ3) is 3.34. The average Bonchev–Trinajstić information content (AvgIpc) is 2.68. The Labute approximate surface area is 149 Å². The lowest BCUT2D eigenvalue weighted by molar-refractivity contribution is 0.102. The van der Waals surface area contributed by atoms with Crippen LogP contribution in [-0.2, 0) is 4.74 Å². The maximum absolute atomic E-state index is 13.3. The second kappa shape index (κ2) is 7.05. The van der Waals surface area contributed by atoms with E-state index in [2.05, 4.69) is 20.2 Å². The topological polar surface area (TPSA) is 67.4 Å². The van der Waals surface area contributed by atoms with Gasteiger partial charge >= 0.3 is 0 Å². The molecular weight excluding hydrogens is 335 g/mol. The highest BCUT2D eigenvalue weighted by atomic mass is 19.1. The number of nitrogens with zero attached hydrogens (tertiary/aromatic N) is 3. The van der Waals surface area contributed by atoms with Crippen molar-refractivity contribution in [1.29, 1.82) is 0 Å². The number of anilines is 2. The maximum Gasteiger partial charge on any atom is 0.255 e. The summed E-state index contributed by atoms with van der Waals surface area (Å²) in [5.41, 5.74) is 1.60. The molecule has 26 heavy (non-hydrogen) atoms. The largest absolute Gasteiger partial charge is 0.378 e. The van der Waals surface area contributed by atoms with Gasteiger partial charge in [0.25, 0.3) is 5.91 Å². The summed E-state index contributed by atoms with van der Waals surface area (Å²) in [4.78, 5) is 23.2. The number of hydrogen-bond donors (Lipinski definition) is 1. The molecule has 3 aromatic rings. The third-order valence-corrected chi connectivity index (χ3v) is 4.27. The first-order valence-corrected chi connectivity index (χ1v) is 8.35. The van der Waals surface area contributed by atoms with E-state index in [1.807, 2.05) is 6.07 Å². The SMILES string of the molecule is O=C(Nc1ccc2c(N3CCOCC3)ncnc2c1)c1cccc(F)c1. The van der Waals surface area contributed by atoms with Crippen molar-refractivity contribution in [2.24, 2.45) is 0 Å². The first-order chi connectivity index (χ1) is 12.7. The first-order valence-electron chi connectivity index (χ1n) is 8.35. The zero-order valence-corrected chi connectivity index (χ0v) is 14.0. The molecule has 0 radical (unpaired) electrons. The molecule has 2 aromatic carbocycles. The van der Waals surface area contributed by atoms with Crippen LogP contribution in [0.5, 0.6) is 0 Å². The maximum atomic E-state index is 13.3. The summed E-state index contributed by atoms with van der Waals surface area (Å²) in [5.74, 6) is 0.0478. The number of ether oxygens (including phenoxy) is 1. The smallest absolute Gasteiger partial charge is 0.255 e. The van der Waals surface area contributed by atoms with E-state index in [-0.39, 0.29) is 11.5 Å². The van der Waals surface area contributed by atoms with Crippen molar-refractivity contribution in [2.45, 2.75) is 0 Å². The summed E-state index contributed by atoms with van der Waals surface area (Å²) in [7, 11) is 0. The minimum absolute atomic E-state index is 0.266. The second-order valence-electron chi connectivity index (χ2n) is 5.99. The molecule has 1 saturated heterocycles. The molecule has 0 atom stereocenters. The summed E-state index contributed by atoms with van der Waals surface area (Å²) in [6.07, 6.45) is 1.52. The van der Waals surface area contributed by atoms with Gasteiger partial charge < -0.3 is 15.0 Å². The molecule has 2 heterocycles. The number of benzene rings is 2. The van der Waals surface area contributed by atoms with Crippen LogP contribution >= 0.6 is 0 Å². The van der Waals surface area contributed by atoms with E-state index in [4.69, 9.17) is 4.74 Å². The highest BCUT2D eigenvalue weighted by Gasteiger charge is 2.16. The van der Waals surface area contributed by atoms with Crippen molar-refractivity contribution in [3.63, 3.8) is 0 Å². The molecule has 0 aliphatic carbocycles. The van der Waals surface area contributed by atoms with Crippen LogP contribution in [0.1, 0.15) is 10.4 Å². The van der Waals surface area contributed by atoms with Gasteiger partial charge in [0.1, 0.15) is 18.0 Å². The zero-order chi connectivity index (χ0) is 17.9. The molecule has 7 heteroatoms. The van der Waals surface area contributed by atoms with Gasteiger partial charge in [-0.05, 0) is 36.4 Å². The predicted molar refractivity (Wildman–Crippen MR) is 96.9 cm³/mol. The van der Waals surface area contributed by atoms with E-state index in [9.17, 15) is 9.18 Å². The van der Waals surface area contributed by atoms with Crippen molar-refractivity contribution >= 4 is 28.3 Å². The Bertz CT molecular complexity index is 957. The van der Waals surface area contributed by atoms with Crippen molar-refractivity contribution in [1.82, 2.24) is 9.97 Å². The zero-order valence-electron chi connectivity index (χ0n) is 14.0. The predicted octanol–water partition coefficient (Wildman–Crippen LogP) is 2.86. The van der Waals surface area contributed by atoms with Gasteiger partial charge in [-0.15, -0.1) is 0 Å². The van der Waals surface area contributed by atoms with E-state index in [0.29, 0.717) is 18.9 Å². The van der Waals surface area contributed by atoms with Crippen LogP contribution in [0.4, 0.5) is 15.9 Å². The summed E-state index contributed by atoms with van der Waals surface area (Å²) in [6, 6.07) is 11.1. The van der Waals surface area contributed by atoms with Gasteiger partial charge in [-0.1, -0.05) is 6.07 Å². The minimum Gasteiger partial charge on any atom is -0.378 e. The molecule has 4 rings (SSSR count). The number of aromatic nitrogens is 2. The molecule has 1 amide bonds. The number of carbonyl (C=O) groups excluding carboxylic acids is 1. The minimum atomic E-state index is -0.445. The number of halogens is 1. The Morgan fingerprint density at radius 3 is 2.77 bits per heavy atom. The number of fused-ring (bicyclic) bond motifs is 1. The van der Waals surface area contributed by atoms with Crippen LogP contribution in [0.3, 0.4) is 0 Å². The molecule has 1 aliphatic rings. The third-order valence-electron chi connectivity index (χ3n) is 4.27. The van der Waals surface area contributed by atoms with E-state index in [1.54, 1.807) is 18.2 Å². The summed E-state index contributed by atoms with van der Waals surface area (Å²) in [6.45, 7) is 2.91. The molecule has 0 unspecified atom stereocenters. The number of nitrogens with one attached hydrogen (secondary N) is 1. The molecule has 6 nitrogen and oxygen atoms in total. The van der Waals surface area contributed by atoms with Gasteiger partial charge in [-0.3, -0.25) is 4.79 Å². The lowest BCUT2D eigenvalue weighted by Crippen LogP contribution is -2.36. The van der Waals surface area contributed by atoms with Crippen LogP contribution < -0.4 is 10.2 Å². The van der Waals surface area contributed by atoms with Gasteiger partial charge in [0.2, 0.25) is 0 Å². The standard InChI is InChI=1S/C19H17FN4O2/c20-14-3-1-2-13(10-14)19(25)23-15-4-5-16-17(11-15)21-12-22-18(16)24-6-8-26-9-7-24/h1-5,10-12H,6-9H2,(H,23,25). The van der Waals surface area contributed by atoms with E-state index in [1.165, 1.54) is 24.5 Å². The van der Waals surface area contributed by atoms with Crippen molar-refractivity contribution in [3.8, 4) is 0 Å². The number of rotatable bonds is 3. The number of hydrogen-bond acceptors (Lipinski definition) is 5. The van der Waals surface area contributed by atoms with E-state index < -0.39 is 5.82 Å². The molecule has 1 aliphatic heterocycles. The molecule has 0 saturated carbocycles.